The van der Waals surface area contributed by atoms with Crippen LogP contribution in [0.3, 0.4) is 0 Å². The maximum atomic E-state index is 11.0. The molecule has 1 unspecified atom stereocenters. The van der Waals surface area contributed by atoms with Crippen LogP contribution in [0.15, 0.2) is 11.6 Å². The predicted molar refractivity (Wildman–Crippen MR) is 61.6 cm³/mol. The molecule has 0 bridgehead atoms. The monoisotopic (exact) mass is 239 g/mol. The van der Waals surface area contributed by atoms with Gasteiger partial charge in [-0.3, -0.25) is 4.79 Å². The molecule has 0 radical (unpaired) electrons. The highest BCUT2D eigenvalue weighted by Gasteiger charge is 2.27. The van der Waals surface area contributed by atoms with Crippen molar-refractivity contribution in [2.75, 3.05) is 0 Å². The highest BCUT2D eigenvalue weighted by atomic mass is 16.4. The maximum Gasteiger partial charge on any atom is 0.331 e. The Balaban J connectivity index is 2.78. The number of carbonyl (C=O) groups excluding carboxylic acids is 1. The molecule has 0 aromatic rings. The zero-order chi connectivity index (χ0) is 13.0. The number of nitrogens with two attached hydrogens (primary N) is 1. The van der Waals surface area contributed by atoms with Crippen molar-refractivity contribution in [2.45, 2.75) is 31.8 Å². The van der Waals surface area contributed by atoms with Gasteiger partial charge in [0.2, 0.25) is 5.91 Å². The average molecular weight is 239 g/mol. The summed E-state index contributed by atoms with van der Waals surface area (Å²) in [5, 5.41) is 22.5. The van der Waals surface area contributed by atoms with Crippen LogP contribution in [0.25, 0.3) is 5.32 Å². The van der Waals surface area contributed by atoms with Crippen LogP contribution in [0.2, 0.25) is 0 Å². The van der Waals surface area contributed by atoms with Gasteiger partial charge in [-0.1, -0.05) is 6.08 Å². The molecule has 1 aliphatic rings. The maximum absolute atomic E-state index is 11.0. The molecule has 0 heterocycles. The highest BCUT2D eigenvalue weighted by molar-refractivity contribution is 5.91. The van der Waals surface area contributed by atoms with E-state index < -0.39 is 12.0 Å². The lowest BCUT2D eigenvalue weighted by Crippen LogP contribution is -2.45. The van der Waals surface area contributed by atoms with Crippen LogP contribution < -0.4 is 11.1 Å². The van der Waals surface area contributed by atoms with E-state index in [2.05, 4.69) is 10.6 Å². The van der Waals surface area contributed by atoms with Gasteiger partial charge in [0.1, 0.15) is 0 Å². The fraction of sp³-hybridized carbons (Fsp3) is 0.500. The normalized spacial score (nSPS) is 23.5. The second-order valence-electron chi connectivity index (χ2n) is 3.86. The van der Waals surface area contributed by atoms with E-state index in [4.69, 9.17) is 16.2 Å². The van der Waals surface area contributed by atoms with E-state index in [-0.39, 0.29) is 29.9 Å². The molecule has 0 aromatic heterocycles. The summed E-state index contributed by atoms with van der Waals surface area (Å²) in [6, 6.07) is -0.799. The quantitative estimate of drug-likeness (QED) is 0.405. The Kier molecular flexibility index (Phi) is 4.08. The Bertz CT molecular complexity index is 378. The van der Waals surface area contributed by atoms with Gasteiger partial charge in [-0.2, -0.15) is 0 Å². The molecule has 2 atom stereocenters. The van der Waals surface area contributed by atoms with Crippen LogP contribution in [0, 0.1) is 5.41 Å². The largest absolute Gasteiger partial charge is 0.478 e. The van der Waals surface area contributed by atoms with Gasteiger partial charge in [-0.25, -0.2) is 4.79 Å². The molecule has 0 fully saturated rings. The van der Waals surface area contributed by atoms with Gasteiger partial charge >= 0.3 is 5.97 Å². The second-order valence-corrected chi connectivity index (χ2v) is 3.86. The Labute approximate surface area is 98.6 Å². The minimum absolute atomic E-state index is 0.167. The lowest BCUT2D eigenvalue weighted by molar-refractivity contribution is -0.132. The van der Waals surface area contributed by atoms with E-state index in [1.165, 1.54) is 6.92 Å². The molecule has 1 amide bonds. The van der Waals surface area contributed by atoms with E-state index in [0.717, 1.165) is 0 Å². The summed E-state index contributed by atoms with van der Waals surface area (Å²) in [7, 11) is 0. The number of hydrogen-bond donors (Lipinski definition) is 4. The summed E-state index contributed by atoms with van der Waals surface area (Å²) in [4.78, 5) is 21.8. The van der Waals surface area contributed by atoms with E-state index >= 15 is 0 Å². The second kappa shape index (κ2) is 5.33. The van der Waals surface area contributed by atoms with Crippen molar-refractivity contribution >= 4 is 17.8 Å². The van der Waals surface area contributed by atoms with Crippen molar-refractivity contribution in [3.63, 3.8) is 0 Å². The third-order valence-electron chi connectivity index (χ3n) is 2.48. The first-order chi connectivity index (χ1) is 7.90. The molecule has 7 nitrogen and oxygen atoms in total. The number of aliphatic carboxylic acids is 1. The molecule has 0 saturated heterocycles. The van der Waals surface area contributed by atoms with Crippen molar-refractivity contribution in [1.29, 1.82) is 5.41 Å². The molecule has 0 saturated carbocycles. The third kappa shape index (κ3) is 3.78. The van der Waals surface area contributed by atoms with Crippen LogP contribution in [0.1, 0.15) is 19.8 Å². The minimum Gasteiger partial charge on any atom is -0.478 e. The fourth-order valence-electron chi connectivity index (χ4n) is 1.78. The summed E-state index contributed by atoms with van der Waals surface area (Å²) in [6.07, 6.45) is 2.11. The molecule has 0 aliphatic heterocycles. The first-order valence-electron chi connectivity index (χ1n) is 5.14. The van der Waals surface area contributed by atoms with Crippen molar-refractivity contribution < 1.29 is 14.7 Å². The average Bonchev–Trinajstić information content (AvgIpc) is 2.18. The Morgan fingerprint density at radius 3 is 2.76 bits per heavy atom. The molecular formula is C10H15N4O3-. The first-order valence-corrected chi connectivity index (χ1v) is 5.14. The van der Waals surface area contributed by atoms with E-state index in [1.807, 2.05) is 0 Å². The molecule has 5 N–H and O–H groups in total. The van der Waals surface area contributed by atoms with Gasteiger partial charge in [-0.05, 0) is 12.8 Å². The highest BCUT2D eigenvalue weighted by Crippen LogP contribution is 2.24. The van der Waals surface area contributed by atoms with E-state index in [1.54, 1.807) is 6.08 Å². The lowest BCUT2D eigenvalue weighted by atomic mass is 9.90. The Morgan fingerprint density at radius 2 is 2.29 bits per heavy atom. The Morgan fingerprint density at radius 1 is 1.65 bits per heavy atom. The molecule has 7 heteroatoms. The van der Waals surface area contributed by atoms with Crippen LogP contribution in [0.4, 0.5) is 0 Å². The molecule has 0 aromatic carbocycles. The SMILES string of the molecule is CC(=O)N[C@H]1CC=C(C(=O)O)CC1[N-]C(=N)N. The summed E-state index contributed by atoms with van der Waals surface area (Å²) in [6.45, 7) is 1.38. The smallest absolute Gasteiger partial charge is 0.331 e. The summed E-state index contributed by atoms with van der Waals surface area (Å²) in [5.74, 6) is -1.59. The number of rotatable bonds is 3. The van der Waals surface area contributed by atoms with Gasteiger partial charge in [0.15, 0.2) is 0 Å². The summed E-state index contributed by atoms with van der Waals surface area (Å²) < 4.78 is 0. The molecule has 1 aliphatic carbocycles. The summed E-state index contributed by atoms with van der Waals surface area (Å²) in [5.41, 5.74) is 5.41. The fourth-order valence-corrected chi connectivity index (χ4v) is 1.78. The van der Waals surface area contributed by atoms with Crippen LogP contribution >= 0.6 is 0 Å². The number of amides is 1. The first kappa shape index (κ1) is 13.0. The molecular weight excluding hydrogens is 224 g/mol. The number of carboxylic acids is 1. The standard InChI is InChI=1S/C10H16N4O3/c1-5(15)13-7-3-2-6(9(16)17)4-8(7)14-10(11)12/h2,7-8H,3-4H2,1H3,(H6,11,12,13,14,15,16,17)/p-1/t7-,8?/m0/s1. The lowest BCUT2D eigenvalue weighted by Gasteiger charge is -2.34. The third-order valence-corrected chi connectivity index (χ3v) is 2.48. The van der Waals surface area contributed by atoms with Crippen molar-refractivity contribution in [3.8, 4) is 0 Å². The summed E-state index contributed by atoms with van der Waals surface area (Å²) >= 11 is 0. The molecule has 94 valence electrons. The van der Waals surface area contributed by atoms with Crippen LogP contribution in [0.5, 0.6) is 0 Å². The van der Waals surface area contributed by atoms with E-state index in [9.17, 15) is 9.59 Å². The van der Waals surface area contributed by atoms with Gasteiger partial charge in [0.25, 0.3) is 0 Å². The van der Waals surface area contributed by atoms with Gasteiger partial charge < -0.3 is 26.9 Å². The van der Waals surface area contributed by atoms with Crippen LogP contribution in [-0.2, 0) is 9.59 Å². The number of guanidine groups is 1. The minimum atomic E-state index is -1.00. The van der Waals surface area contributed by atoms with Crippen molar-refractivity contribution in [2.24, 2.45) is 5.73 Å². The van der Waals surface area contributed by atoms with Crippen molar-refractivity contribution in [3.05, 3.63) is 17.0 Å². The predicted octanol–water partition coefficient (Wildman–Crippen LogP) is -0.0683. The number of nitrogens with one attached hydrogen (secondary N) is 2. The van der Waals surface area contributed by atoms with Gasteiger partial charge in [0, 0.05) is 30.5 Å². The molecule has 1 rings (SSSR count). The number of hydrogen-bond acceptors (Lipinski definition) is 3. The molecule has 0 spiro atoms. The van der Waals surface area contributed by atoms with Gasteiger partial charge in [0.05, 0.1) is 0 Å². The number of carboxylic acid groups (broad SMARTS) is 1. The van der Waals surface area contributed by atoms with Crippen molar-refractivity contribution in [1.82, 2.24) is 5.32 Å². The zero-order valence-corrected chi connectivity index (χ0v) is 9.43. The topological polar surface area (TPSA) is 130 Å². The van der Waals surface area contributed by atoms with E-state index in [0.29, 0.717) is 6.42 Å². The molecule has 17 heavy (non-hydrogen) atoms. The zero-order valence-electron chi connectivity index (χ0n) is 9.43. The number of nitrogens with zero attached hydrogens (tertiary/aromatic N) is 1. The Hall–Kier alpha value is -2.05. The van der Waals surface area contributed by atoms with Gasteiger partial charge in [-0.15, -0.1) is 0 Å². The van der Waals surface area contributed by atoms with Crippen LogP contribution in [-0.4, -0.2) is 35.0 Å². The number of carbonyl (C=O) groups is 2.